The van der Waals surface area contributed by atoms with E-state index in [2.05, 4.69) is 0 Å². The lowest BCUT2D eigenvalue weighted by Crippen LogP contribution is -2.54. The number of piperidine rings is 1. The van der Waals surface area contributed by atoms with Crippen molar-refractivity contribution in [2.24, 2.45) is 11.7 Å². The van der Waals surface area contributed by atoms with Gasteiger partial charge in [-0.05, 0) is 91.8 Å². The Hall–Kier alpha value is -3.77. The summed E-state index contributed by atoms with van der Waals surface area (Å²) in [7, 11) is -4.16. The molecule has 13 heteroatoms. The summed E-state index contributed by atoms with van der Waals surface area (Å²) in [6.45, 7) is 0.773. The van der Waals surface area contributed by atoms with Crippen molar-refractivity contribution >= 4 is 33.4 Å². The predicted octanol–water partition coefficient (Wildman–Crippen LogP) is 5.34. The average molecular weight is 662 g/mol. The van der Waals surface area contributed by atoms with Crippen molar-refractivity contribution in [1.82, 2.24) is 9.80 Å². The van der Waals surface area contributed by atoms with Gasteiger partial charge in [-0.15, -0.1) is 0 Å². The van der Waals surface area contributed by atoms with Gasteiger partial charge < -0.3 is 20.3 Å². The van der Waals surface area contributed by atoms with E-state index in [4.69, 9.17) is 22.1 Å². The van der Waals surface area contributed by atoms with Gasteiger partial charge in [0.1, 0.15) is 22.9 Å². The van der Waals surface area contributed by atoms with E-state index in [1.807, 2.05) is 0 Å². The molecule has 3 aliphatic rings. The summed E-state index contributed by atoms with van der Waals surface area (Å²) in [6.07, 6.45) is 1.82. The molecule has 1 aliphatic carbocycles. The molecule has 2 heterocycles. The Balaban J connectivity index is 1.34. The van der Waals surface area contributed by atoms with E-state index in [-0.39, 0.29) is 46.9 Å². The molecule has 0 unspecified atom stereocenters. The maximum absolute atomic E-state index is 14.6. The summed E-state index contributed by atoms with van der Waals surface area (Å²) in [6, 6.07) is 10.4. The normalized spacial score (nSPS) is 21.7. The summed E-state index contributed by atoms with van der Waals surface area (Å²) in [5.74, 6) is -2.83. The van der Waals surface area contributed by atoms with Gasteiger partial charge in [0.2, 0.25) is 5.91 Å². The molecule has 0 bridgehead atoms. The molecule has 3 aromatic rings. The van der Waals surface area contributed by atoms with Gasteiger partial charge >= 0.3 is 6.03 Å². The SMILES string of the molecule is NC(=O)N1CCC(C(=O)N2CC[C@@]3(S(=O)(=O)c4ccc(F)cc4)c4ccc(OCc5cc(F)c(F)cc5Cl)cc4CC[C@@H]23)CC1. The van der Waals surface area contributed by atoms with Crippen LogP contribution >= 0.6 is 11.6 Å². The summed E-state index contributed by atoms with van der Waals surface area (Å²) >= 11 is 6.06. The highest BCUT2D eigenvalue weighted by Crippen LogP contribution is 2.53. The number of carbonyl (C=O) groups excluding carboxylic acids is 2. The Labute approximate surface area is 263 Å². The van der Waals surface area contributed by atoms with Gasteiger partial charge in [0, 0.05) is 31.1 Å². The molecule has 0 radical (unpaired) electrons. The second-order valence-electron chi connectivity index (χ2n) is 11.7. The van der Waals surface area contributed by atoms with Crippen LogP contribution in [0.2, 0.25) is 5.02 Å². The van der Waals surface area contributed by atoms with Crippen LogP contribution in [0.15, 0.2) is 59.5 Å². The van der Waals surface area contributed by atoms with Crippen molar-refractivity contribution in [3.05, 3.63) is 93.8 Å². The van der Waals surface area contributed by atoms with Crippen molar-refractivity contribution < 1.29 is 35.9 Å². The van der Waals surface area contributed by atoms with Crippen molar-refractivity contribution in [3.8, 4) is 5.75 Å². The molecule has 2 atom stereocenters. The summed E-state index contributed by atoms with van der Waals surface area (Å²) in [5.41, 5.74) is 6.91. The number of hydrogen-bond acceptors (Lipinski definition) is 5. The topological polar surface area (TPSA) is 110 Å². The zero-order valence-corrected chi connectivity index (χ0v) is 25.7. The van der Waals surface area contributed by atoms with Crippen LogP contribution < -0.4 is 10.5 Å². The molecule has 0 saturated carbocycles. The number of carbonyl (C=O) groups is 2. The van der Waals surface area contributed by atoms with E-state index >= 15 is 0 Å². The zero-order chi connectivity index (χ0) is 32.1. The quantitative estimate of drug-likeness (QED) is 0.283. The Morgan fingerprint density at radius 1 is 0.956 bits per heavy atom. The number of benzene rings is 3. The first kappa shape index (κ1) is 31.2. The van der Waals surface area contributed by atoms with Crippen LogP contribution in [0.4, 0.5) is 18.0 Å². The van der Waals surface area contributed by atoms with Crippen LogP contribution in [0, 0.1) is 23.4 Å². The van der Waals surface area contributed by atoms with Gasteiger partial charge in [-0.1, -0.05) is 17.7 Å². The lowest BCUT2D eigenvalue weighted by molar-refractivity contribution is -0.138. The molecule has 2 saturated heterocycles. The third-order valence-electron chi connectivity index (χ3n) is 9.38. The molecule has 8 nitrogen and oxygen atoms in total. The molecule has 3 amide bonds. The first-order valence-corrected chi connectivity index (χ1v) is 16.5. The molecule has 0 spiro atoms. The molecule has 2 fully saturated rings. The van der Waals surface area contributed by atoms with Crippen molar-refractivity contribution in [1.29, 1.82) is 0 Å². The number of likely N-dealkylation sites (tertiary alicyclic amines) is 2. The average Bonchev–Trinajstić information content (AvgIpc) is 3.43. The monoisotopic (exact) mass is 661 g/mol. The molecule has 238 valence electrons. The van der Waals surface area contributed by atoms with Crippen LogP contribution in [-0.2, 0) is 32.4 Å². The molecule has 3 aromatic carbocycles. The van der Waals surface area contributed by atoms with Crippen LogP contribution in [0.3, 0.4) is 0 Å². The minimum Gasteiger partial charge on any atom is -0.489 e. The number of nitrogens with two attached hydrogens (primary N) is 1. The number of rotatable bonds is 6. The van der Waals surface area contributed by atoms with Gasteiger partial charge in [-0.2, -0.15) is 0 Å². The Morgan fingerprint density at radius 2 is 1.64 bits per heavy atom. The number of aryl methyl sites for hydroxylation is 1. The summed E-state index contributed by atoms with van der Waals surface area (Å²) < 4.78 is 74.7. The maximum atomic E-state index is 14.6. The standard InChI is InChI=1S/C32H31ClF3N3O5S/c33-26-17-28(36)27(35)16-21(26)18-44-23-4-7-25-20(15-23)1-8-29-32(25,45(42,43)24-5-2-22(34)3-6-24)11-14-39(29)30(40)19-9-12-38(13-10-19)31(37)41/h2-7,15-17,19,29H,1,8-14,18H2,(H2,37,41)/t29-,32-/m1/s1. The Kier molecular flexibility index (Phi) is 8.23. The molecular formula is C32H31ClF3N3O5S. The van der Waals surface area contributed by atoms with Crippen LogP contribution in [0.25, 0.3) is 0 Å². The van der Waals surface area contributed by atoms with Crippen molar-refractivity contribution in [2.45, 2.75) is 54.4 Å². The second kappa shape index (κ2) is 11.9. The van der Waals surface area contributed by atoms with Gasteiger partial charge in [0.15, 0.2) is 21.5 Å². The molecule has 2 N–H and O–H groups in total. The van der Waals surface area contributed by atoms with E-state index in [1.54, 1.807) is 23.1 Å². The van der Waals surface area contributed by atoms with E-state index in [9.17, 15) is 31.2 Å². The van der Waals surface area contributed by atoms with Crippen molar-refractivity contribution in [3.63, 3.8) is 0 Å². The minimum absolute atomic E-state index is 0.00932. The largest absolute Gasteiger partial charge is 0.489 e. The number of sulfone groups is 1. The molecule has 2 aliphatic heterocycles. The number of urea groups is 1. The van der Waals surface area contributed by atoms with Crippen molar-refractivity contribution in [2.75, 3.05) is 19.6 Å². The van der Waals surface area contributed by atoms with Gasteiger partial charge in [0.25, 0.3) is 0 Å². The lowest BCUT2D eigenvalue weighted by atomic mass is 9.78. The van der Waals surface area contributed by atoms with E-state index < -0.39 is 44.1 Å². The number of primary amides is 1. The fourth-order valence-corrected chi connectivity index (χ4v) is 9.67. The van der Waals surface area contributed by atoms with Gasteiger partial charge in [0.05, 0.1) is 16.0 Å². The zero-order valence-electron chi connectivity index (χ0n) is 24.1. The molecule has 0 aromatic heterocycles. The number of halogens is 4. The summed E-state index contributed by atoms with van der Waals surface area (Å²) in [4.78, 5) is 28.6. The predicted molar refractivity (Wildman–Crippen MR) is 160 cm³/mol. The highest BCUT2D eigenvalue weighted by molar-refractivity contribution is 7.92. The highest BCUT2D eigenvalue weighted by Gasteiger charge is 2.61. The smallest absolute Gasteiger partial charge is 0.314 e. The minimum atomic E-state index is -4.16. The maximum Gasteiger partial charge on any atom is 0.314 e. The fourth-order valence-electron chi connectivity index (χ4n) is 7.10. The summed E-state index contributed by atoms with van der Waals surface area (Å²) in [5, 5.41) is 0.00932. The first-order valence-electron chi connectivity index (χ1n) is 14.7. The van der Waals surface area contributed by atoms with E-state index in [0.717, 1.165) is 29.8 Å². The Bertz CT molecular complexity index is 1770. The highest BCUT2D eigenvalue weighted by atomic mass is 35.5. The van der Waals surface area contributed by atoms with Gasteiger partial charge in [-0.25, -0.2) is 26.4 Å². The number of ether oxygens (including phenoxy) is 1. The number of hydrogen-bond donors (Lipinski definition) is 1. The van der Waals surface area contributed by atoms with Crippen LogP contribution in [0.1, 0.15) is 42.4 Å². The number of amides is 3. The lowest BCUT2D eigenvalue weighted by Gasteiger charge is -2.43. The first-order chi connectivity index (χ1) is 21.4. The molecule has 45 heavy (non-hydrogen) atoms. The fraction of sp³-hybridized carbons (Fsp3) is 0.375. The van der Waals surface area contributed by atoms with Gasteiger partial charge in [-0.3, -0.25) is 4.79 Å². The molecular weight excluding hydrogens is 631 g/mol. The Morgan fingerprint density at radius 3 is 2.33 bits per heavy atom. The number of nitrogens with zero attached hydrogens (tertiary/aromatic N) is 2. The number of fused-ring (bicyclic) bond motifs is 3. The third kappa shape index (κ3) is 5.41. The van der Waals surface area contributed by atoms with Crippen LogP contribution in [-0.4, -0.2) is 55.8 Å². The van der Waals surface area contributed by atoms with E-state index in [1.165, 1.54) is 17.0 Å². The van der Waals surface area contributed by atoms with E-state index in [0.29, 0.717) is 50.1 Å². The molecule has 6 rings (SSSR count). The third-order valence-corrected chi connectivity index (χ3v) is 12.3. The second-order valence-corrected chi connectivity index (χ2v) is 14.4. The van der Waals surface area contributed by atoms with Crippen LogP contribution in [0.5, 0.6) is 5.75 Å².